The Bertz CT molecular complexity index is 732. The van der Waals surface area contributed by atoms with E-state index in [1.54, 1.807) is 0 Å². The highest BCUT2D eigenvalue weighted by Crippen LogP contribution is 2.48. The molecule has 0 unspecified atom stereocenters. The van der Waals surface area contributed by atoms with Crippen molar-refractivity contribution in [3.05, 3.63) is 68.6 Å². The van der Waals surface area contributed by atoms with Gasteiger partial charge < -0.3 is 10.2 Å². The first-order valence-electron chi connectivity index (χ1n) is 8.33. The molecular weight excluding hydrogens is 464 g/mol. The minimum atomic E-state index is -0.673. The fourth-order valence-electron chi connectivity index (χ4n) is 3.09. The monoisotopic (exact) mass is 480 g/mol. The molecule has 4 atom stereocenters. The Morgan fingerprint density at radius 2 is 1.00 bits per heavy atom. The molecule has 2 N–H and O–H groups in total. The van der Waals surface area contributed by atoms with Crippen molar-refractivity contribution >= 4 is 43.8 Å². The van der Waals surface area contributed by atoms with E-state index < -0.39 is 11.9 Å². The first kappa shape index (κ1) is 19.1. The predicted octanol–water partition coefficient (Wildman–Crippen LogP) is 5.27. The van der Waals surface area contributed by atoms with E-state index in [-0.39, 0.29) is 23.7 Å². The molecule has 0 bridgehead atoms. The third kappa shape index (κ3) is 4.74. The lowest BCUT2D eigenvalue weighted by Gasteiger charge is -1.97. The van der Waals surface area contributed by atoms with E-state index in [1.807, 2.05) is 48.5 Å². The highest BCUT2D eigenvalue weighted by Gasteiger charge is 2.44. The summed E-state index contributed by atoms with van der Waals surface area (Å²) in [5.74, 6) is -1.17. The lowest BCUT2D eigenvalue weighted by atomic mass is 10.1. The lowest BCUT2D eigenvalue weighted by Crippen LogP contribution is -1.98. The van der Waals surface area contributed by atoms with Gasteiger partial charge in [0.05, 0.1) is 11.8 Å². The Labute approximate surface area is 168 Å². The number of carbonyl (C=O) groups is 2. The van der Waals surface area contributed by atoms with Crippen LogP contribution in [0, 0.1) is 11.8 Å². The molecule has 0 aliphatic heterocycles. The van der Waals surface area contributed by atoms with Gasteiger partial charge in [0.15, 0.2) is 0 Å². The number of rotatable bonds is 4. The van der Waals surface area contributed by atoms with Crippen molar-refractivity contribution < 1.29 is 19.8 Å². The third-order valence-electron chi connectivity index (χ3n) is 4.81. The summed E-state index contributed by atoms with van der Waals surface area (Å²) in [6, 6.07) is 15.7. The second-order valence-electron chi connectivity index (χ2n) is 6.68. The number of carboxylic acid groups (broad SMARTS) is 2. The van der Waals surface area contributed by atoms with Crippen molar-refractivity contribution in [2.24, 2.45) is 11.8 Å². The smallest absolute Gasteiger partial charge is 0.307 e. The zero-order valence-corrected chi connectivity index (χ0v) is 17.0. The van der Waals surface area contributed by atoms with Crippen LogP contribution in [0.5, 0.6) is 0 Å². The van der Waals surface area contributed by atoms with Crippen molar-refractivity contribution in [3.63, 3.8) is 0 Å². The largest absolute Gasteiger partial charge is 0.481 e. The van der Waals surface area contributed by atoms with Crippen LogP contribution in [0.4, 0.5) is 0 Å². The molecular formula is C20H18Br2O4. The topological polar surface area (TPSA) is 74.6 Å². The van der Waals surface area contributed by atoms with Gasteiger partial charge in [0, 0.05) is 8.95 Å². The van der Waals surface area contributed by atoms with Crippen LogP contribution in [0.2, 0.25) is 0 Å². The summed E-state index contributed by atoms with van der Waals surface area (Å²) < 4.78 is 2.06. The van der Waals surface area contributed by atoms with E-state index in [4.69, 9.17) is 10.2 Å². The van der Waals surface area contributed by atoms with Crippen LogP contribution in [-0.4, -0.2) is 22.2 Å². The van der Waals surface area contributed by atoms with Gasteiger partial charge in [-0.15, -0.1) is 0 Å². The number of aliphatic carboxylic acids is 2. The van der Waals surface area contributed by atoms with Crippen LogP contribution in [0.15, 0.2) is 57.5 Å². The number of halogens is 2. The van der Waals surface area contributed by atoms with Crippen LogP contribution >= 0.6 is 31.9 Å². The fourth-order valence-corrected chi connectivity index (χ4v) is 3.62. The normalized spacial score (nSPS) is 25.6. The summed E-state index contributed by atoms with van der Waals surface area (Å²) in [6.45, 7) is 0. The Balaban J connectivity index is 0.000000151. The van der Waals surface area contributed by atoms with Crippen LogP contribution in [0.3, 0.4) is 0 Å². The van der Waals surface area contributed by atoms with E-state index in [2.05, 4.69) is 31.9 Å². The summed E-state index contributed by atoms with van der Waals surface area (Å²) in [5.41, 5.74) is 2.27. The number of hydrogen-bond acceptors (Lipinski definition) is 2. The molecule has 0 saturated heterocycles. The highest BCUT2D eigenvalue weighted by atomic mass is 79.9. The van der Waals surface area contributed by atoms with Crippen molar-refractivity contribution in [1.29, 1.82) is 0 Å². The molecule has 0 radical (unpaired) electrons. The fraction of sp³-hybridized carbons (Fsp3) is 0.300. The minimum Gasteiger partial charge on any atom is -0.481 e. The summed E-state index contributed by atoms with van der Waals surface area (Å²) in [6.07, 6.45) is 1.58. The SMILES string of the molecule is O=C(O)[C@@H]1C[C@@H]1c1ccc(Br)cc1.O=C(O)[C@H]1C[C@H]1c1ccc(Br)cc1. The zero-order valence-electron chi connectivity index (χ0n) is 13.8. The van der Waals surface area contributed by atoms with Gasteiger partial charge in [-0.25, -0.2) is 0 Å². The van der Waals surface area contributed by atoms with E-state index in [1.165, 1.54) is 0 Å². The quantitative estimate of drug-likeness (QED) is 0.623. The maximum Gasteiger partial charge on any atom is 0.307 e. The Morgan fingerprint density at radius 3 is 1.23 bits per heavy atom. The molecule has 26 heavy (non-hydrogen) atoms. The summed E-state index contributed by atoms with van der Waals surface area (Å²) >= 11 is 6.69. The second kappa shape index (κ2) is 7.92. The van der Waals surface area contributed by atoms with Gasteiger partial charge in [-0.3, -0.25) is 9.59 Å². The first-order valence-corrected chi connectivity index (χ1v) is 9.92. The molecule has 2 saturated carbocycles. The molecule has 0 amide bonds. The Kier molecular flexibility index (Phi) is 5.82. The van der Waals surface area contributed by atoms with E-state index in [9.17, 15) is 9.59 Å². The molecule has 0 heterocycles. The Hall–Kier alpha value is -1.66. The van der Waals surface area contributed by atoms with Gasteiger partial charge in [0.25, 0.3) is 0 Å². The van der Waals surface area contributed by atoms with Crippen molar-refractivity contribution in [1.82, 2.24) is 0 Å². The molecule has 136 valence electrons. The average Bonchev–Trinajstić information content (AvgIpc) is 3.49. The minimum absolute atomic E-state index is 0.152. The van der Waals surface area contributed by atoms with Crippen molar-refractivity contribution in [2.75, 3.05) is 0 Å². The zero-order chi connectivity index (χ0) is 18.8. The van der Waals surface area contributed by atoms with Gasteiger partial charge in [0.1, 0.15) is 0 Å². The van der Waals surface area contributed by atoms with Crippen LogP contribution in [0.25, 0.3) is 0 Å². The molecule has 0 aromatic heterocycles. The van der Waals surface area contributed by atoms with E-state index in [0.29, 0.717) is 0 Å². The number of benzene rings is 2. The number of carboxylic acids is 2. The molecule has 2 fully saturated rings. The standard InChI is InChI=1S/2C10H9BrO2/c2*11-7-3-1-6(2-4-7)8-5-9(8)10(12)13/h2*1-4,8-9H,5H2,(H,12,13)/t2*8-,9-/m10/s1. The predicted molar refractivity (Wildman–Crippen MR) is 105 cm³/mol. The Morgan fingerprint density at radius 1 is 0.692 bits per heavy atom. The molecule has 2 aromatic rings. The maximum absolute atomic E-state index is 10.6. The third-order valence-corrected chi connectivity index (χ3v) is 5.87. The summed E-state index contributed by atoms with van der Waals surface area (Å²) in [5, 5.41) is 17.5. The molecule has 2 aliphatic carbocycles. The van der Waals surface area contributed by atoms with Crippen molar-refractivity contribution in [2.45, 2.75) is 24.7 Å². The van der Waals surface area contributed by atoms with Crippen LogP contribution in [-0.2, 0) is 9.59 Å². The lowest BCUT2D eigenvalue weighted by molar-refractivity contribution is -0.139. The molecule has 0 spiro atoms. The van der Waals surface area contributed by atoms with Gasteiger partial charge in [-0.05, 0) is 60.1 Å². The van der Waals surface area contributed by atoms with E-state index >= 15 is 0 Å². The molecule has 6 heteroatoms. The van der Waals surface area contributed by atoms with Crippen LogP contribution in [0.1, 0.15) is 35.8 Å². The first-order chi connectivity index (χ1) is 12.4. The average molecular weight is 482 g/mol. The molecule has 2 aliphatic rings. The van der Waals surface area contributed by atoms with Gasteiger partial charge in [-0.2, -0.15) is 0 Å². The second-order valence-corrected chi connectivity index (χ2v) is 8.51. The summed E-state index contributed by atoms with van der Waals surface area (Å²) in [7, 11) is 0. The molecule has 4 rings (SSSR count). The highest BCUT2D eigenvalue weighted by molar-refractivity contribution is 9.10. The number of hydrogen-bond donors (Lipinski definition) is 2. The van der Waals surface area contributed by atoms with Gasteiger partial charge in [-0.1, -0.05) is 56.1 Å². The summed E-state index contributed by atoms with van der Waals surface area (Å²) in [4.78, 5) is 21.2. The van der Waals surface area contributed by atoms with Gasteiger partial charge in [0.2, 0.25) is 0 Å². The van der Waals surface area contributed by atoms with Gasteiger partial charge >= 0.3 is 11.9 Å². The van der Waals surface area contributed by atoms with Crippen molar-refractivity contribution in [3.8, 4) is 0 Å². The van der Waals surface area contributed by atoms with E-state index in [0.717, 1.165) is 32.9 Å². The maximum atomic E-state index is 10.6. The molecule has 2 aromatic carbocycles. The van der Waals surface area contributed by atoms with Crippen LogP contribution < -0.4 is 0 Å². The molecule has 4 nitrogen and oxygen atoms in total.